The normalized spacial score (nSPS) is 27.8. The molecule has 1 aliphatic rings. The van der Waals surface area contributed by atoms with Gasteiger partial charge >= 0.3 is 0 Å². The van der Waals surface area contributed by atoms with Crippen LogP contribution in [0.4, 0.5) is 4.39 Å². The van der Waals surface area contributed by atoms with E-state index in [0.717, 1.165) is 18.0 Å². The van der Waals surface area contributed by atoms with Gasteiger partial charge in [-0.05, 0) is 51.4 Å². The first-order chi connectivity index (χ1) is 9.93. The monoisotopic (exact) mass is 293 g/mol. The smallest absolute Gasteiger partial charge is 0.141 e. The van der Waals surface area contributed by atoms with Gasteiger partial charge in [0.2, 0.25) is 0 Å². The van der Waals surface area contributed by atoms with Crippen LogP contribution in [0.25, 0.3) is 0 Å². The third kappa shape index (κ3) is 4.01. The van der Waals surface area contributed by atoms with Gasteiger partial charge in [0.15, 0.2) is 0 Å². The van der Waals surface area contributed by atoms with E-state index in [9.17, 15) is 4.39 Å². The highest BCUT2D eigenvalue weighted by molar-refractivity contribution is 5.14. The lowest BCUT2D eigenvalue weighted by molar-refractivity contribution is 0.0728. The van der Waals surface area contributed by atoms with Crippen LogP contribution < -0.4 is 5.32 Å². The van der Waals surface area contributed by atoms with Crippen LogP contribution in [-0.2, 0) is 0 Å². The van der Waals surface area contributed by atoms with Crippen molar-refractivity contribution in [1.82, 2.24) is 15.2 Å². The largest absolute Gasteiger partial charge is 0.308 e. The number of nitrogens with one attached hydrogen (secondary N) is 1. The fraction of sp³-hybridized carbons (Fsp3) is 0.706. The maximum absolute atomic E-state index is 13.3. The molecule has 1 aromatic heterocycles. The van der Waals surface area contributed by atoms with E-state index in [-0.39, 0.29) is 17.4 Å². The van der Waals surface area contributed by atoms with Crippen molar-refractivity contribution in [2.45, 2.75) is 51.1 Å². The quantitative estimate of drug-likeness (QED) is 0.902. The first-order valence-electron chi connectivity index (χ1n) is 7.94. The lowest BCUT2D eigenvalue weighted by atomic mass is 9.75. The SMILES string of the molecule is CC1CCCC(CNC(C)c2cncc(F)c2)(N(C)C)C1. The van der Waals surface area contributed by atoms with E-state index in [4.69, 9.17) is 0 Å². The Morgan fingerprint density at radius 3 is 2.86 bits per heavy atom. The summed E-state index contributed by atoms with van der Waals surface area (Å²) in [5.74, 6) is 0.504. The van der Waals surface area contributed by atoms with Gasteiger partial charge in [-0.25, -0.2) is 4.39 Å². The Morgan fingerprint density at radius 1 is 1.48 bits per heavy atom. The molecule has 0 spiro atoms. The maximum atomic E-state index is 13.3. The molecule has 0 amide bonds. The molecule has 3 unspecified atom stereocenters. The zero-order valence-electron chi connectivity index (χ0n) is 13.7. The van der Waals surface area contributed by atoms with Crippen molar-refractivity contribution in [2.24, 2.45) is 5.92 Å². The Morgan fingerprint density at radius 2 is 2.24 bits per heavy atom. The average molecular weight is 293 g/mol. The number of hydrogen-bond donors (Lipinski definition) is 1. The molecule has 0 aliphatic heterocycles. The molecule has 118 valence electrons. The van der Waals surface area contributed by atoms with Crippen LogP contribution in [0.5, 0.6) is 0 Å². The molecule has 2 rings (SSSR count). The number of pyridine rings is 1. The molecule has 3 nitrogen and oxygen atoms in total. The molecule has 0 aromatic carbocycles. The Labute approximate surface area is 127 Å². The Bertz CT molecular complexity index is 463. The summed E-state index contributed by atoms with van der Waals surface area (Å²) in [4.78, 5) is 6.31. The number of aromatic nitrogens is 1. The number of rotatable bonds is 5. The van der Waals surface area contributed by atoms with Crippen molar-refractivity contribution in [3.05, 3.63) is 29.8 Å². The van der Waals surface area contributed by atoms with Gasteiger partial charge in [0.1, 0.15) is 5.82 Å². The van der Waals surface area contributed by atoms with E-state index in [1.54, 1.807) is 12.3 Å². The standard InChI is InChI=1S/C17H28FN3/c1-13-6-5-7-17(9-13,21(3)4)12-20-14(2)15-8-16(18)11-19-10-15/h8,10-11,13-14,20H,5-7,9,12H2,1-4H3. The summed E-state index contributed by atoms with van der Waals surface area (Å²) in [6.45, 7) is 5.35. The molecular formula is C17H28FN3. The second-order valence-corrected chi connectivity index (χ2v) is 6.86. The van der Waals surface area contributed by atoms with Crippen molar-refractivity contribution in [3.8, 4) is 0 Å². The fourth-order valence-electron chi connectivity index (χ4n) is 3.48. The third-order valence-electron chi connectivity index (χ3n) is 4.98. The summed E-state index contributed by atoms with van der Waals surface area (Å²) in [5, 5.41) is 3.59. The molecule has 0 radical (unpaired) electrons. The van der Waals surface area contributed by atoms with Gasteiger partial charge in [0, 0.05) is 24.3 Å². The Kier molecular flexibility index (Phi) is 5.33. The van der Waals surface area contributed by atoms with Crippen LogP contribution in [0.15, 0.2) is 18.5 Å². The minimum Gasteiger partial charge on any atom is -0.308 e. The van der Waals surface area contributed by atoms with Gasteiger partial charge in [0.05, 0.1) is 6.20 Å². The minimum absolute atomic E-state index is 0.113. The van der Waals surface area contributed by atoms with E-state index in [1.807, 2.05) is 0 Å². The maximum Gasteiger partial charge on any atom is 0.141 e. The van der Waals surface area contributed by atoms with Crippen LogP contribution in [-0.4, -0.2) is 36.1 Å². The molecule has 1 fully saturated rings. The number of halogens is 1. The third-order valence-corrected chi connectivity index (χ3v) is 4.98. The zero-order chi connectivity index (χ0) is 15.5. The Hall–Kier alpha value is -1.00. The molecule has 1 N–H and O–H groups in total. The topological polar surface area (TPSA) is 28.2 Å². The molecule has 1 saturated carbocycles. The molecule has 1 aromatic rings. The van der Waals surface area contributed by atoms with Crippen LogP contribution in [0.3, 0.4) is 0 Å². The number of likely N-dealkylation sites (N-methyl/N-ethyl adjacent to an activating group) is 1. The second-order valence-electron chi connectivity index (χ2n) is 6.86. The molecule has 4 heteroatoms. The Balaban J connectivity index is 2.02. The lowest BCUT2D eigenvalue weighted by Gasteiger charge is -2.46. The summed E-state index contributed by atoms with van der Waals surface area (Å²) < 4.78 is 13.3. The summed E-state index contributed by atoms with van der Waals surface area (Å²) >= 11 is 0. The van der Waals surface area contributed by atoms with Crippen LogP contribution in [0, 0.1) is 11.7 Å². The number of nitrogens with zero attached hydrogens (tertiary/aromatic N) is 2. The van der Waals surface area contributed by atoms with Crippen molar-refractivity contribution < 1.29 is 4.39 Å². The van der Waals surface area contributed by atoms with Crippen molar-refractivity contribution in [3.63, 3.8) is 0 Å². The first kappa shape index (κ1) is 16.4. The zero-order valence-corrected chi connectivity index (χ0v) is 13.7. The summed E-state index contributed by atoms with van der Waals surface area (Å²) in [6, 6.07) is 1.68. The summed E-state index contributed by atoms with van der Waals surface area (Å²) in [5.41, 5.74) is 1.12. The van der Waals surface area contributed by atoms with E-state index in [0.29, 0.717) is 0 Å². The molecule has 21 heavy (non-hydrogen) atoms. The first-order valence-corrected chi connectivity index (χ1v) is 7.94. The predicted octanol–water partition coefficient (Wildman–Crippen LogP) is 3.38. The highest BCUT2D eigenvalue weighted by Gasteiger charge is 2.36. The predicted molar refractivity (Wildman–Crippen MR) is 84.7 cm³/mol. The number of hydrogen-bond acceptors (Lipinski definition) is 3. The van der Waals surface area contributed by atoms with Crippen LogP contribution in [0.2, 0.25) is 0 Å². The van der Waals surface area contributed by atoms with Crippen LogP contribution in [0.1, 0.15) is 51.1 Å². The molecule has 3 atom stereocenters. The highest BCUT2D eigenvalue weighted by Crippen LogP contribution is 2.35. The van der Waals surface area contributed by atoms with E-state index in [1.165, 1.54) is 31.9 Å². The molecule has 1 aliphatic carbocycles. The van der Waals surface area contributed by atoms with Gasteiger partial charge in [-0.2, -0.15) is 0 Å². The fourth-order valence-corrected chi connectivity index (χ4v) is 3.48. The summed E-state index contributed by atoms with van der Waals surface area (Å²) in [7, 11) is 4.35. The lowest BCUT2D eigenvalue weighted by Crippen LogP contribution is -2.54. The molecule has 1 heterocycles. The highest BCUT2D eigenvalue weighted by atomic mass is 19.1. The molecule has 0 bridgehead atoms. The second kappa shape index (κ2) is 6.84. The van der Waals surface area contributed by atoms with Gasteiger partial charge in [-0.15, -0.1) is 0 Å². The van der Waals surface area contributed by atoms with Crippen molar-refractivity contribution in [2.75, 3.05) is 20.6 Å². The van der Waals surface area contributed by atoms with E-state index >= 15 is 0 Å². The molecule has 0 saturated heterocycles. The van der Waals surface area contributed by atoms with Crippen LogP contribution >= 0.6 is 0 Å². The van der Waals surface area contributed by atoms with E-state index < -0.39 is 0 Å². The van der Waals surface area contributed by atoms with Gasteiger partial charge in [0.25, 0.3) is 0 Å². The van der Waals surface area contributed by atoms with Gasteiger partial charge in [-0.1, -0.05) is 19.8 Å². The molecular weight excluding hydrogens is 265 g/mol. The van der Waals surface area contributed by atoms with Gasteiger partial charge in [-0.3, -0.25) is 4.98 Å². The van der Waals surface area contributed by atoms with Gasteiger partial charge < -0.3 is 10.2 Å². The van der Waals surface area contributed by atoms with Crippen molar-refractivity contribution >= 4 is 0 Å². The average Bonchev–Trinajstić information content (AvgIpc) is 2.44. The minimum atomic E-state index is -0.269. The summed E-state index contributed by atoms with van der Waals surface area (Å²) in [6.07, 6.45) is 8.06. The van der Waals surface area contributed by atoms with Crippen molar-refractivity contribution in [1.29, 1.82) is 0 Å². The van der Waals surface area contributed by atoms with E-state index in [2.05, 4.69) is 43.1 Å².